The monoisotopic (exact) mass is 401 g/mol. The topological polar surface area (TPSA) is 55.8 Å². The van der Waals surface area contributed by atoms with Crippen molar-refractivity contribution < 1.29 is 22.3 Å². The highest BCUT2D eigenvalue weighted by Crippen LogP contribution is 2.35. The van der Waals surface area contributed by atoms with Gasteiger partial charge in [0.1, 0.15) is 10.7 Å². The third kappa shape index (κ3) is 3.94. The normalized spacial score (nSPS) is 11.1. The van der Waals surface area contributed by atoms with Crippen molar-refractivity contribution in [1.82, 2.24) is 0 Å². The number of anilines is 1. The van der Waals surface area contributed by atoms with Crippen LogP contribution in [0.5, 0.6) is 11.5 Å². The fraction of sp³-hybridized carbons (Fsp3) is 0.143. The Balaban J connectivity index is 2.13. The highest BCUT2D eigenvalue weighted by atomic mass is 32.2. The second-order valence-corrected chi connectivity index (χ2v) is 7.80. The largest absolute Gasteiger partial charge is 0.493 e. The molecule has 0 saturated carbocycles. The maximum atomic E-state index is 14.7. The van der Waals surface area contributed by atoms with Crippen molar-refractivity contribution in [3.8, 4) is 11.5 Å². The summed E-state index contributed by atoms with van der Waals surface area (Å²) in [6.45, 7) is 0.0565. The molecule has 3 rings (SSSR count). The van der Waals surface area contributed by atoms with Crippen LogP contribution in [0.25, 0.3) is 0 Å². The predicted octanol–water partition coefficient (Wildman–Crippen LogP) is 4.24. The second kappa shape index (κ2) is 8.31. The summed E-state index contributed by atoms with van der Waals surface area (Å²) in [6.07, 6.45) is 0. The van der Waals surface area contributed by atoms with Crippen molar-refractivity contribution in [2.24, 2.45) is 0 Å². The number of halogens is 1. The first-order valence-electron chi connectivity index (χ1n) is 8.50. The molecule has 0 radical (unpaired) electrons. The summed E-state index contributed by atoms with van der Waals surface area (Å²) >= 11 is 0. The van der Waals surface area contributed by atoms with Crippen molar-refractivity contribution in [3.05, 3.63) is 84.2 Å². The zero-order valence-electron chi connectivity index (χ0n) is 15.5. The van der Waals surface area contributed by atoms with Gasteiger partial charge in [0.05, 0.1) is 26.5 Å². The average Bonchev–Trinajstić information content (AvgIpc) is 2.72. The molecule has 3 aromatic carbocycles. The van der Waals surface area contributed by atoms with Gasteiger partial charge in [-0.15, -0.1) is 0 Å². The van der Waals surface area contributed by atoms with Gasteiger partial charge in [0.15, 0.2) is 11.5 Å². The quantitative estimate of drug-likeness (QED) is 0.594. The van der Waals surface area contributed by atoms with Gasteiger partial charge in [-0.25, -0.2) is 12.8 Å². The Labute approximate surface area is 164 Å². The minimum atomic E-state index is -4.22. The van der Waals surface area contributed by atoms with Crippen LogP contribution in [0.1, 0.15) is 5.56 Å². The van der Waals surface area contributed by atoms with Crippen LogP contribution in [0.15, 0.2) is 77.7 Å². The van der Waals surface area contributed by atoms with E-state index in [4.69, 9.17) is 9.47 Å². The zero-order valence-corrected chi connectivity index (χ0v) is 16.3. The summed E-state index contributed by atoms with van der Waals surface area (Å²) in [7, 11) is -1.49. The van der Waals surface area contributed by atoms with Crippen LogP contribution in [0.3, 0.4) is 0 Å². The molecule has 0 aromatic heterocycles. The minimum Gasteiger partial charge on any atom is -0.493 e. The Bertz CT molecular complexity index is 1040. The van der Waals surface area contributed by atoms with E-state index in [1.165, 1.54) is 18.5 Å². The van der Waals surface area contributed by atoms with Crippen LogP contribution in [0.2, 0.25) is 0 Å². The molecule has 0 unspecified atom stereocenters. The lowest BCUT2D eigenvalue weighted by atomic mass is 10.2. The van der Waals surface area contributed by atoms with E-state index in [1.807, 2.05) is 30.3 Å². The smallest absolute Gasteiger partial charge is 0.267 e. The van der Waals surface area contributed by atoms with E-state index in [9.17, 15) is 12.8 Å². The van der Waals surface area contributed by atoms with Crippen molar-refractivity contribution in [1.29, 1.82) is 0 Å². The maximum Gasteiger partial charge on any atom is 0.267 e. The fourth-order valence-electron chi connectivity index (χ4n) is 2.81. The molecule has 28 heavy (non-hydrogen) atoms. The molecule has 0 amide bonds. The summed E-state index contributed by atoms with van der Waals surface area (Å²) in [5.41, 5.74) is 1.20. The van der Waals surface area contributed by atoms with E-state index in [0.717, 1.165) is 17.7 Å². The Hall–Kier alpha value is -3.06. The number of hydrogen-bond acceptors (Lipinski definition) is 4. The van der Waals surface area contributed by atoms with Gasteiger partial charge in [-0.2, -0.15) is 0 Å². The molecule has 0 aliphatic carbocycles. The number of sulfonamides is 1. The van der Waals surface area contributed by atoms with Gasteiger partial charge in [0.25, 0.3) is 10.0 Å². The molecule has 7 heteroatoms. The van der Waals surface area contributed by atoms with E-state index in [2.05, 4.69) is 0 Å². The predicted molar refractivity (Wildman–Crippen MR) is 106 cm³/mol. The molecule has 0 N–H and O–H groups in total. The van der Waals surface area contributed by atoms with E-state index < -0.39 is 20.7 Å². The van der Waals surface area contributed by atoms with Crippen LogP contribution in [-0.2, 0) is 16.6 Å². The number of nitrogens with zero attached hydrogens (tertiary/aromatic N) is 1. The van der Waals surface area contributed by atoms with Crippen molar-refractivity contribution in [2.45, 2.75) is 11.4 Å². The van der Waals surface area contributed by atoms with Crippen molar-refractivity contribution in [2.75, 3.05) is 18.5 Å². The van der Waals surface area contributed by atoms with Crippen molar-refractivity contribution >= 4 is 15.7 Å². The molecule has 146 valence electrons. The zero-order chi connectivity index (χ0) is 20.1. The molecule has 3 aromatic rings. The summed E-state index contributed by atoms with van der Waals surface area (Å²) in [5.74, 6) is -0.657. The van der Waals surface area contributed by atoms with E-state index in [-0.39, 0.29) is 18.0 Å². The number of hydrogen-bond donors (Lipinski definition) is 0. The minimum absolute atomic E-state index is 0.0565. The third-order valence-corrected chi connectivity index (χ3v) is 6.01. The van der Waals surface area contributed by atoms with Gasteiger partial charge in [-0.3, -0.25) is 4.31 Å². The van der Waals surface area contributed by atoms with Crippen LogP contribution in [0.4, 0.5) is 10.1 Å². The van der Waals surface area contributed by atoms with E-state index in [1.54, 1.807) is 30.3 Å². The lowest BCUT2D eigenvalue weighted by molar-refractivity contribution is 0.350. The van der Waals surface area contributed by atoms with Crippen LogP contribution in [0, 0.1) is 5.82 Å². The standard InChI is InChI=1S/C21H20FNO4S/c1-26-19-13-18(22)21(14-20(19)27-2)28(24,25)23(17-11-7-4-8-12-17)15-16-9-5-3-6-10-16/h3-14H,15H2,1-2H3. The molecule has 0 heterocycles. The molecule has 0 spiro atoms. The van der Waals surface area contributed by atoms with E-state index in [0.29, 0.717) is 5.69 Å². The van der Waals surface area contributed by atoms with Crippen LogP contribution < -0.4 is 13.8 Å². The second-order valence-electron chi connectivity index (χ2n) is 5.97. The summed E-state index contributed by atoms with van der Waals surface area (Å²) in [5, 5.41) is 0. The van der Waals surface area contributed by atoms with Gasteiger partial charge in [0.2, 0.25) is 0 Å². The molecule has 0 fully saturated rings. The fourth-order valence-corrected chi connectivity index (χ4v) is 4.33. The molecule has 5 nitrogen and oxygen atoms in total. The lowest BCUT2D eigenvalue weighted by Gasteiger charge is -2.25. The van der Waals surface area contributed by atoms with E-state index >= 15 is 0 Å². The number of benzene rings is 3. The highest BCUT2D eigenvalue weighted by molar-refractivity contribution is 7.92. The first-order valence-corrected chi connectivity index (χ1v) is 9.94. The van der Waals surface area contributed by atoms with Crippen LogP contribution >= 0.6 is 0 Å². The summed E-state index contributed by atoms with van der Waals surface area (Å²) < 4.78 is 52.9. The average molecular weight is 401 g/mol. The van der Waals surface area contributed by atoms with Gasteiger partial charge < -0.3 is 9.47 Å². The molecular formula is C21H20FNO4S. The molecular weight excluding hydrogens is 381 g/mol. The number of ether oxygens (including phenoxy) is 2. The number of para-hydroxylation sites is 1. The Morgan fingerprint density at radius 3 is 1.96 bits per heavy atom. The molecule has 0 saturated heterocycles. The molecule has 0 atom stereocenters. The molecule has 0 aliphatic heterocycles. The molecule has 0 bridgehead atoms. The lowest BCUT2D eigenvalue weighted by Crippen LogP contribution is -2.31. The number of methoxy groups -OCH3 is 2. The van der Waals surface area contributed by atoms with Gasteiger partial charge in [-0.1, -0.05) is 48.5 Å². The number of rotatable bonds is 7. The Kier molecular flexibility index (Phi) is 5.84. The van der Waals surface area contributed by atoms with Gasteiger partial charge in [0, 0.05) is 12.1 Å². The van der Waals surface area contributed by atoms with Crippen molar-refractivity contribution in [3.63, 3.8) is 0 Å². The summed E-state index contributed by atoms with van der Waals surface area (Å²) in [4.78, 5) is -0.482. The maximum absolute atomic E-state index is 14.7. The van der Waals surface area contributed by atoms with Crippen LogP contribution in [-0.4, -0.2) is 22.6 Å². The third-order valence-electron chi connectivity index (χ3n) is 4.22. The van der Waals surface area contributed by atoms with Gasteiger partial charge >= 0.3 is 0 Å². The Morgan fingerprint density at radius 1 is 0.857 bits per heavy atom. The SMILES string of the molecule is COc1cc(F)c(S(=O)(=O)N(Cc2ccccc2)c2ccccc2)cc1OC. The van der Waals surface area contributed by atoms with Gasteiger partial charge in [-0.05, 0) is 17.7 Å². The highest BCUT2D eigenvalue weighted by Gasteiger charge is 2.30. The summed E-state index contributed by atoms with van der Waals surface area (Å²) in [6, 6.07) is 19.9. The first-order chi connectivity index (χ1) is 13.5. The molecule has 0 aliphatic rings. The Morgan fingerprint density at radius 2 is 1.39 bits per heavy atom. The first kappa shape index (κ1) is 19.7.